The summed E-state index contributed by atoms with van der Waals surface area (Å²) >= 11 is 2.18. The maximum atomic E-state index is 11.8. The molecule has 0 aromatic heterocycles. The summed E-state index contributed by atoms with van der Waals surface area (Å²) in [7, 11) is 0. The topological polar surface area (TPSA) is 9.23 Å². The van der Waals surface area contributed by atoms with E-state index in [4.69, 9.17) is 4.74 Å². The van der Waals surface area contributed by atoms with Crippen molar-refractivity contribution in [2.75, 3.05) is 6.61 Å². The van der Waals surface area contributed by atoms with Crippen LogP contribution >= 0.6 is 22.6 Å². The van der Waals surface area contributed by atoms with Crippen LogP contribution in [0.15, 0.2) is 24.3 Å². The molecule has 0 aliphatic carbocycles. The predicted octanol–water partition coefficient (Wildman–Crippen LogP) is 4.79. The van der Waals surface area contributed by atoms with E-state index in [0.29, 0.717) is 19.4 Å². The van der Waals surface area contributed by atoms with Crippen molar-refractivity contribution < 1.29 is 17.9 Å². The Morgan fingerprint density at radius 3 is 2.53 bits per heavy atom. The van der Waals surface area contributed by atoms with Crippen molar-refractivity contribution in [2.24, 2.45) is 0 Å². The summed E-state index contributed by atoms with van der Waals surface area (Å²) in [4.78, 5) is 0. The molecule has 0 aliphatic heterocycles. The van der Waals surface area contributed by atoms with E-state index in [2.05, 4.69) is 22.6 Å². The first kappa shape index (κ1) is 14.6. The number of ether oxygens (including phenoxy) is 1. The van der Waals surface area contributed by atoms with Gasteiger partial charge in [-0.15, -0.1) is 0 Å². The lowest BCUT2D eigenvalue weighted by Crippen LogP contribution is -2.06. The lowest BCUT2D eigenvalue weighted by Gasteiger charge is -2.07. The van der Waals surface area contributed by atoms with Crippen LogP contribution < -0.4 is 4.74 Å². The fraction of sp³-hybridized carbons (Fsp3) is 0.500. The van der Waals surface area contributed by atoms with Gasteiger partial charge < -0.3 is 4.74 Å². The molecule has 1 rings (SSSR count). The zero-order valence-electron chi connectivity index (χ0n) is 9.27. The Morgan fingerprint density at radius 1 is 1.12 bits per heavy atom. The molecule has 0 heterocycles. The van der Waals surface area contributed by atoms with Gasteiger partial charge in [0.05, 0.1) is 6.61 Å². The maximum absolute atomic E-state index is 11.8. The first-order chi connectivity index (χ1) is 7.97. The molecule has 5 heteroatoms. The fourth-order valence-corrected chi connectivity index (χ4v) is 1.87. The van der Waals surface area contributed by atoms with Gasteiger partial charge in [-0.3, -0.25) is 0 Å². The molecule has 17 heavy (non-hydrogen) atoms. The van der Waals surface area contributed by atoms with Crippen molar-refractivity contribution in [2.45, 2.75) is 31.9 Å². The van der Waals surface area contributed by atoms with Crippen LogP contribution in [0.5, 0.6) is 5.75 Å². The highest BCUT2D eigenvalue weighted by Gasteiger charge is 2.25. The van der Waals surface area contributed by atoms with Crippen LogP contribution in [-0.4, -0.2) is 12.8 Å². The summed E-state index contributed by atoms with van der Waals surface area (Å²) in [6, 6.07) is 7.59. The number of alkyl halides is 3. The zero-order chi connectivity index (χ0) is 12.7. The van der Waals surface area contributed by atoms with Gasteiger partial charge >= 0.3 is 6.18 Å². The van der Waals surface area contributed by atoms with E-state index >= 15 is 0 Å². The molecular formula is C12H14F3IO. The second-order valence-electron chi connectivity index (χ2n) is 3.73. The van der Waals surface area contributed by atoms with Crippen LogP contribution in [-0.2, 0) is 0 Å². The number of rotatable bonds is 6. The molecular weight excluding hydrogens is 344 g/mol. The van der Waals surface area contributed by atoms with Gasteiger partial charge in [0.15, 0.2) is 0 Å². The molecule has 1 aromatic rings. The number of unbranched alkanes of at least 4 members (excludes halogenated alkanes) is 2. The van der Waals surface area contributed by atoms with Crippen molar-refractivity contribution >= 4 is 22.6 Å². The Kier molecular flexibility index (Phi) is 6.08. The summed E-state index contributed by atoms with van der Waals surface area (Å²) in [6.07, 6.45) is -3.35. The molecule has 0 atom stereocenters. The second kappa shape index (κ2) is 7.08. The Hall–Kier alpha value is -0.460. The van der Waals surface area contributed by atoms with Crippen LogP contribution in [0.3, 0.4) is 0 Å². The monoisotopic (exact) mass is 358 g/mol. The Labute approximate surface area is 112 Å². The molecule has 0 saturated carbocycles. The molecule has 0 unspecified atom stereocenters. The van der Waals surface area contributed by atoms with Gasteiger partial charge in [0.2, 0.25) is 0 Å². The van der Waals surface area contributed by atoms with E-state index in [-0.39, 0.29) is 6.42 Å². The predicted molar refractivity (Wildman–Crippen MR) is 69.2 cm³/mol. The van der Waals surface area contributed by atoms with Gasteiger partial charge in [-0.1, -0.05) is 6.07 Å². The third-order valence-electron chi connectivity index (χ3n) is 2.17. The standard InChI is InChI=1S/C12H14F3IO/c13-12(14,15)7-2-1-3-8-17-11-6-4-5-10(16)9-11/h4-6,9H,1-3,7-8H2. The van der Waals surface area contributed by atoms with Gasteiger partial charge in [-0.05, 0) is 60.1 Å². The van der Waals surface area contributed by atoms with E-state index in [1.54, 1.807) is 0 Å². The van der Waals surface area contributed by atoms with Crippen LogP contribution in [0.4, 0.5) is 13.2 Å². The maximum Gasteiger partial charge on any atom is 0.389 e. The quantitative estimate of drug-likeness (QED) is 0.525. The number of halogens is 4. The lowest BCUT2D eigenvalue weighted by molar-refractivity contribution is -0.135. The molecule has 0 N–H and O–H groups in total. The summed E-state index contributed by atoms with van der Waals surface area (Å²) in [5.41, 5.74) is 0. The van der Waals surface area contributed by atoms with E-state index in [0.717, 1.165) is 9.32 Å². The van der Waals surface area contributed by atoms with Gasteiger partial charge in [-0.2, -0.15) is 13.2 Å². The summed E-state index contributed by atoms with van der Waals surface area (Å²) in [5, 5.41) is 0. The van der Waals surface area contributed by atoms with Crippen LogP contribution in [0.2, 0.25) is 0 Å². The average Bonchev–Trinajstić information content (AvgIpc) is 2.22. The summed E-state index contributed by atoms with van der Waals surface area (Å²) in [6.45, 7) is 0.470. The SMILES string of the molecule is FC(F)(F)CCCCCOc1cccc(I)c1. The molecule has 0 saturated heterocycles. The van der Waals surface area contributed by atoms with Crippen molar-refractivity contribution in [3.05, 3.63) is 27.8 Å². The van der Waals surface area contributed by atoms with Crippen LogP contribution in [0.1, 0.15) is 25.7 Å². The van der Waals surface area contributed by atoms with Gasteiger partial charge in [0, 0.05) is 9.99 Å². The van der Waals surface area contributed by atoms with Crippen LogP contribution in [0, 0.1) is 3.57 Å². The first-order valence-electron chi connectivity index (χ1n) is 5.42. The molecule has 1 aromatic carbocycles. The largest absolute Gasteiger partial charge is 0.494 e. The smallest absolute Gasteiger partial charge is 0.389 e. The third-order valence-corrected chi connectivity index (χ3v) is 2.84. The summed E-state index contributed by atoms with van der Waals surface area (Å²) in [5.74, 6) is 0.771. The van der Waals surface area contributed by atoms with Crippen molar-refractivity contribution in [1.29, 1.82) is 0 Å². The molecule has 1 nitrogen and oxygen atoms in total. The van der Waals surface area contributed by atoms with Gasteiger partial charge in [0.1, 0.15) is 5.75 Å². The average molecular weight is 358 g/mol. The van der Waals surface area contributed by atoms with Gasteiger partial charge in [-0.25, -0.2) is 0 Å². The molecule has 0 bridgehead atoms. The molecule has 0 aliphatic rings. The molecule has 0 spiro atoms. The highest BCUT2D eigenvalue weighted by atomic mass is 127. The van der Waals surface area contributed by atoms with E-state index in [9.17, 15) is 13.2 Å². The number of benzene rings is 1. The normalized spacial score (nSPS) is 11.5. The Morgan fingerprint density at radius 2 is 1.88 bits per heavy atom. The highest BCUT2D eigenvalue weighted by molar-refractivity contribution is 14.1. The van der Waals surface area contributed by atoms with E-state index in [1.807, 2.05) is 24.3 Å². The Bertz CT molecular complexity index is 339. The lowest BCUT2D eigenvalue weighted by atomic mass is 10.2. The minimum Gasteiger partial charge on any atom is -0.494 e. The van der Waals surface area contributed by atoms with Crippen molar-refractivity contribution in [1.82, 2.24) is 0 Å². The first-order valence-corrected chi connectivity index (χ1v) is 6.50. The third kappa shape index (κ3) is 7.46. The fourth-order valence-electron chi connectivity index (χ4n) is 1.35. The minimum absolute atomic E-state index is 0.180. The summed E-state index contributed by atoms with van der Waals surface area (Å²) < 4.78 is 42.0. The second-order valence-corrected chi connectivity index (χ2v) is 4.98. The minimum atomic E-state index is -4.03. The van der Waals surface area contributed by atoms with E-state index in [1.165, 1.54) is 0 Å². The molecule has 0 fully saturated rings. The molecule has 0 radical (unpaired) electrons. The zero-order valence-corrected chi connectivity index (χ0v) is 11.4. The highest BCUT2D eigenvalue weighted by Crippen LogP contribution is 2.22. The molecule has 0 amide bonds. The van der Waals surface area contributed by atoms with E-state index < -0.39 is 12.6 Å². The van der Waals surface area contributed by atoms with Gasteiger partial charge in [0.25, 0.3) is 0 Å². The van der Waals surface area contributed by atoms with Crippen molar-refractivity contribution in [3.63, 3.8) is 0 Å². The number of hydrogen-bond acceptors (Lipinski definition) is 1. The molecule has 96 valence electrons. The Balaban J connectivity index is 2.09. The van der Waals surface area contributed by atoms with Crippen LogP contribution in [0.25, 0.3) is 0 Å². The van der Waals surface area contributed by atoms with Crippen molar-refractivity contribution in [3.8, 4) is 5.75 Å². The number of hydrogen-bond donors (Lipinski definition) is 0.